The lowest BCUT2D eigenvalue weighted by molar-refractivity contribution is 0.0966. The van der Waals surface area contributed by atoms with Gasteiger partial charge in [0.2, 0.25) is 0 Å². The highest BCUT2D eigenvalue weighted by Gasteiger charge is 2.29. The molecule has 3 rings (SSSR count). The molecule has 4 heteroatoms. The Morgan fingerprint density at radius 1 is 1.10 bits per heavy atom. The average molecular weight is 283 g/mol. The highest BCUT2D eigenvalue weighted by atomic mass is 16.5. The van der Waals surface area contributed by atoms with Crippen molar-refractivity contribution >= 4 is 11.5 Å². The third-order valence-electron chi connectivity index (χ3n) is 3.82. The summed E-state index contributed by atoms with van der Waals surface area (Å²) in [7, 11) is 3.15. The van der Waals surface area contributed by atoms with Crippen molar-refractivity contribution in [3.63, 3.8) is 0 Å². The van der Waals surface area contributed by atoms with E-state index in [1.807, 2.05) is 24.3 Å². The van der Waals surface area contributed by atoms with Gasteiger partial charge in [-0.25, -0.2) is 0 Å². The van der Waals surface area contributed by atoms with Gasteiger partial charge in [0.05, 0.1) is 20.1 Å². The van der Waals surface area contributed by atoms with Crippen molar-refractivity contribution in [2.75, 3.05) is 26.1 Å². The van der Waals surface area contributed by atoms with E-state index >= 15 is 0 Å². The quantitative estimate of drug-likeness (QED) is 0.876. The van der Waals surface area contributed by atoms with Crippen molar-refractivity contribution in [2.24, 2.45) is 0 Å². The van der Waals surface area contributed by atoms with E-state index in [9.17, 15) is 4.79 Å². The molecule has 2 aromatic carbocycles. The zero-order chi connectivity index (χ0) is 14.8. The van der Waals surface area contributed by atoms with Gasteiger partial charge in [0.25, 0.3) is 0 Å². The van der Waals surface area contributed by atoms with E-state index in [0.717, 1.165) is 11.3 Å². The first-order chi connectivity index (χ1) is 10.2. The predicted molar refractivity (Wildman–Crippen MR) is 81.5 cm³/mol. The Morgan fingerprint density at radius 3 is 2.62 bits per heavy atom. The molecule has 1 unspecified atom stereocenters. The van der Waals surface area contributed by atoms with Crippen LogP contribution >= 0.6 is 0 Å². The van der Waals surface area contributed by atoms with Crippen LogP contribution in [-0.2, 0) is 0 Å². The van der Waals surface area contributed by atoms with Crippen LogP contribution in [0, 0.1) is 0 Å². The minimum absolute atomic E-state index is 0.0911. The Labute approximate surface area is 123 Å². The maximum atomic E-state index is 12.7. The summed E-state index contributed by atoms with van der Waals surface area (Å²) in [6, 6.07) is 13.2. The summed E-state index contributed by atoms with van der Waals surface area (Å²) in [6.07, 6.45) is 0. The molecule has 0 radical (unpaired) electrons. The molecule has 0 amide bonds. The predicted octanol–water partition coefficient (Wildman–Crippen LogP) is 3.10. The molecule has 4 nitrogen and oxygen atoms in total. The van der Waals surface area contributed by atoms with Gasteiger partial charge in [0.1, 0.15) is 0 Å². The fourth-order valence-electron chi connectivity index (χ4n) is 2.71. The number of para-hydroxylation sites is 1. The summed E-state index contributed by atoms with van der Waals surface area (Å²) in [4.78, 5) is 12.7. The van der Waals surface area contributed by atoms with Gasteiger partial charge in [0.15, 0.2) is 17.3 Å². The number of hydrogen-bond donors (Lipinski definition) is 1. The summed E-state index contributed by atoms with van der Waals surface area (Å²) < 4.78 is 10.5. The maximum absolute atomic E-state index is 12.7. The van der Waals surface area contributed by atoms with Gasteiger partial charge in [-0.15, -0.1) is 0 Å². The zero-order valence-corrected chi connectivity index (χ0v) is 12.1. The number of Topliss-reactive ketones (excluding diaryl/α,β-unsaturated/α-hetero) is 1. The number of nitrogens with one attached hydrogen (secondary N) is 1. The standard InChI is InChI=1S/C17H17NO3/c1-20-15-8-7-11(9-16(15)21-2)17(19)13-10-18-14-6-4-3-5-12(13)14/h3-9,13,18H,10H2,1-2H3. The number of anilines is 1. The number of ether oxygens (including phenoxy) is 2. The van der Waals surface area contributed by atoms with E-state index in [1.165, 1.54) is 0 Å². The van der Waals surface area contributed by atoms with E-state index in [4.69, 9.17) is 9.47 Å². The van der Waals surface area contributed by atoms with Gasteiger partial charge in [-0.05, 0) is 29.8 Å². The number of benzene rings is 2. The maximum Gasteiger partial charge on any atom is 0.172 e. The monoisotopic (exact) mass is 283 g/mol. The Bertz CT molecular complexity index is 681. The molecule has 0 saturated heterocycles. The smallest absolute Gasteiger partial charge is 0.172 e. The molecule has 0 fully saturated rings. The van der Waals surface area contributed by atoms with Gasteiger partial charge < -0.3 is 14.8 Å². The molecule has 1 aliphatic heterocycles. The molecular formula is C17H17NO3. The average Bonchev–Trinajstić information content (AvgIpc) is 2.97. The second-order valence-corrected chi connectivity index (χ2v) is 4.95. The van der Waals surface area contributed by atoms with Crippen LogP contribution in [0.2, 0.25) is 0 Å². The highest BCUT2D eigenvalue weighted by Crippen LogP contribution is 2.35. The molecule has 0 aromatic heterocycles. The fourth-order valence-corrected chi connectivity index (χ4v) is 2.71. The molecule has 0 bridgehead atoms. The van der Waals surface area contributed by atoms with Crippen molar-refractivity contribution in [3.05, 3.63) is 53.6 Å². The van der Waals surface area contributed by atoms with Crippen LogP contribution in [-0.4, -0.2) is 26.5 Å². The number of fused-ring (bicyclic) bond motifs is 1. The first kappa shape index (κ1) is 13.5. The first-order valence-electron chi connectivity index (χ1n) is 6.83. The molecule has 21 heavy (non-hydrogen) atoms. The zero-order valence-electron chi connectivity index (χ0n) is 12.1. The lowest BCUT2D eigenvalue weighted by Gasteiger charge is -2.12. The van der Waals surface area contributed by atoms with Crippen molar-refractivity contribution in [3.8, 4) is 11.5 Å². The number of methoxy groups -OCH3 is 2. The van der Waals surface area contributed by atoms with Gasteiger partial charge in [-0.3, -0.25) is 4.79 Å². The Hall–Kier alpha value is -2.49. The van der Waals surface area contributed by atoms with E-state index in [2.05, 4.69) is 5.32 Å². The molecule has 1 atom stereocenters. The van der Waals surface area contributed by atoms with Crippen LogP contribution in [0.4, 0.5) is 5.69 Å². The van der Waals surface area contributed by atoms with Gasteiger partial charge in [-0.2, -0.15) is 0 Å². The van der Waals surface area contributed by atoms with Crippen LogP contribution in [0.15, 0.2) is 42.5 Å². The topological polar surface area (TPSA) is 47.6 Å². The summed E-state index contributed by atoms with van der Waals surface area (Å²) in [5.74, 6) is 1.13. The van der Waals surface area contributed by atoms with E-state index in [0.29, 0.717) is 23.6 Å². The fraction of sp³-hybridized carbons (Fsp3) is 0.235. The number of carbonyl (C=O) groups is 1. The minimum Gasteiger partial charge on any atom is -0.493 e. The number of hydrogen-bond acceptors (Lipinski definition) is 4. The van der Waals surface area contributed by atoms with Crippen LogP contribution in [0.1, 0.15) is 21.8 Å². The second-order valence-electron chi connectivity index (χ2n) is 4.95. The molecule has 2 aromatic rings. The number of carbonyl (C=O) groups excluding carboxylic acids is 1. The Morgan fingerprint density at radius 2 is 1.86 bits per heavy atom. The van der Waals surface area contributed by atoms with Crippen molar-refractivity contribution < 1.29 is 14.3 Å². The normalized spacial score (nSPS) is 16.0. The molecule has 0 aliphatic carbocycles. The minimum atomic E-state index is -0.153. The summed E-state index contributed by atoms with van der Waals surface area (Å²) >= 11 is 0. The number of rotatable bonds is 4. The third-order valence-corrected chi connectivity index (χ3v) is 3.82. The summed E-state index contributed by atoms with van der Waals surface area (Å²) in [5.41, 5.74) is 2.73. The third kappa shape index (κ3) is 2.33. The van der Waals surface area contributed by atoms with Crippen molar-refractivity contribution in [1.82, 2.24) is 0 Å². The molecule has 0 spiro atoms. The van der Waals surface area contributed by atoms with Crippen molar-refractivity contribution in [2.45, 2.75) is 5.92 Å². The lowest BCUT2D eigenvalue weighted by Crippen LogP contribution is -2.15. The molecule has 1 heterocycles. The molecule has 0 saturated carbocycles. The first-order valence-corrected chi connectivity index (χ1v) is 6.83. The van der Waals surface area contributed by atoms with Crippen molar-refractivity contribution in [1.29, 1.82) is 0 Å². The van der Waals surface area contributed by atoms with Gasteiger partial charge >= 0.3 is 0 Å². The Balaban J connectivity index is 1.93. The Kier molecular flexibility index (Phi) is 3.52. The van der Waals surface area contributed by atoms with Crippen LogP contribution in [0.3, 0.4) is 0 Å². The molecule has 1 N–H and O–H groups in total. The van der Waals surface area contributed by atoms with E-state index in [-0.39, 0.29) is 11.7 Å². The van der Waals surface area contributed by atoms with E-state index in [1.54, 1.807) is 32.4 Å². The second kappa shape index (κ2) is 5.48. The van der Waals surface area contributed by atoms with Crippen LogP contribution < -0.4 is 14.8 Å². The summed E-state index contributed by atoms with van der Waals surface area (Å²) in [5, 5.41) is 3.28. The molecule has 1 aliphatic rings. The molecule has 108 valence electrons. The number of ketones is 1. The SMILES string of the molecule is COc1ccc(C(=O)C2CNc3ccccc32)cc1OC. The lowest BCUT2D eigenvalue weighted by atomic mass is 9.92. The van der Waals surface area contributed by atoms with E-state index < -0.39 is 0 Å². The highest BCUT2D eigenvalue weighted by molar-refractivity contribution is 6.03. The van der Waals surface area contributed by atoms with Gasteiger partial charge in [0, 0.05) is 17.8 Å². The largest absolute Gasteiger partial charge is 0.493 e. The van der Waals surface area contributed by atoms with Crippen LogP contribution in [0.5, 0.6) is 11.5 Å². The van der Waals surface area contributed by atoms with Gasteiger partial charge in [-0.1, -0.05) is 18.2 Å². The van der Waals surface area contributed by atoms with Crippen LogP contribution in [0.25, 0.3) is 0 Å². The summed E-state index contributed by atoms with van der Waals surface area (Å²) in [6.45, 7) is 0.631. The molecular weight excluding hydrogens is 266 g/mol.